The van der Waals surface area contributed by atoms with Crippen molar-refractivity contribution in [2.75, 3.05) is 18.6 Å². The molecule has 3 aromatic rings. The molecule has 3 aromatic carbocycles. The van der Waals surface area contributed by atoms with Gasteiger partial charge in [0.05, 0.1) is 24.3 Å². The maximum Gasteiger partial charge on any atom is 0.245 e. The highest BCUT2D eigenvalue weighted by Gasteiger charge is 2.35. The van der Waals surface area contributed by atoms with E-state index in [4.69, 9.17) is 21.1 Å². The van der Waals surface area contributed by atoms with Gasteiger partial charge >= 0.3 is 0 Å². The fraction of sp³-hybridized carbons (Fsp3) is 0.192. The van der Waals surface area contributed by atoms with E-state index in [1.807, 2.05) is 0 Å². The van der Waals surface area contributed by atoms with Crippen LogP contribution >= 0.6 is 11.6 Å². The number of rotatable bonds is 8. The summed E-state index contributed by atoms with van der Waals surface area (Å²) in [5.41, 5.74) is 4.23. The molecular weight excluding hydrogens is 473 g/mol. The van der Waals surface area contributed by atoms with Gasteiger partial charge in [0.2, 0.25) is 11.8 Å². The van der Waals surface area contributed by atoms with Crippen LogP contribution < -0.4 is 19.8 Å². The van der Waals surface area contributed by atoms with Crippen LogP contribution in [0.25, 0.3) is 0 Å². The molecule has 35 heavy (non-hydrogen) atoms. The van der Waals surface area contributed by atoms with Crippen molar-refractivity contribution in [1.82, 2.24) is 5.43 Å². The fourth-order valence-electron chi connectivity index (χ4n) is 3.63. The Bertz CT molecular complexity index is 1210. The Morgan fingerprint density at radius 3 is 2.54 bits per heavy atom. The molecule has 0 saturated carbocycles. The summed E-state index contributed by atoms with van der Waals surface area (Å²) in [6, 6.07) is 18.5. The first-order valence-electron chi connectivity index (χ1n) is 10.9. The first-order chi connectivity index (χ1) is 16.9. The lowest BCUT2D eigenvalue weighted by molar-refractivity contribution is -0.126. The summed E-state index contributed by atoms with van der Waals surface area (Å²) in [4.78, 5) is 26.5. The third-order valence-corrected chi connectivity index (χ3v) is 5.95. The minimum atomic E-state index is -0.497. The summed E-state index contributed by atoms with van der Waals surface area (Å²) in [6.45, 7) is 0.285. The summed E-state index contributed by atoms with van der Waals surface area (Å²) in [5.74, 6) is -0.138. The summed E-state index contributed by atoms with van der Waals surface area (Å²) < 4.78 is 24.6. The first-order valence-corrected chi connectivity index (χ1v) is 11.3. The monoisotopic (exact) mass is 495 g/mol. The maximum absolute atomic E-state index is 13.8. The molecular formula is C26H23ClFN3O4. The minimum Gasteiger partial charge on any atom is -0.497 e. The smallest absolute Gasteiger partial charge is 0.245 e. The maximum atomic E-state index is 13.8. The van der Waals surface area contributed by atoms with Crippen LogP contribution in [-0.4, -0.2) is 31.7 Å². The molecule has 1 atom stereocenters. The van der Waals surface area contributed by atoms with Crippen LogP contribution in [0.2, 0.25) is 5.02 Å². The third-order valence-electron chi connectivity index (χ3n) is 5.59. The van der Waals surface area contributed by atoms with E-state index < -0.39 is 11.7 Å². The lowest BCUT2D eigenvalue weighted by Crippen LogP contribution is -2.30. The molecule has 0 aliphatic carbocycles. The lowest BCUT2D eigenvalue weighted by atomic mass is 10.1. The number of ether oxygens (including phenoxy) is 2. The van der Waals surface area contributed by atoms with Crippen molar-refractivity contribution in [3.8, 4) is 11.5 Å². The van der Waals surface area contributed by atoms with Crippen molar-refractivity contribution in [1.29, 1.82) is 0 Å². The fourth-order valence-corrected chi connectivity index (χ4v) is 3.85. The molecule has 9 heteroatoms. The number of nitrogens with zero attached hydrogens (tertiary/aromatic N) is 2. The number of anilines is 1. The Hall–Kier alpha value is -3.91. The number of benzene rings is 3. The van der Waals surface area contributed by atoms with E-state index in [0.717, 1.165) is 5.56 Å². The summed E-state index contributed by atoms with van der Waals surface area (Å²) in [7, 11) is 1.57. The highest BCUT2D eigenvalue weighted by molar-refractivity contribution is 6.31. The van der Waals surface area contributed by atoms with Crippen LogP contribution in [0.15, 0.2) is 71.8 Å². The molecule has 1 N–H and O–H groups in total. The van der Waals surface area contributed by atoms with Gasteiger partial charge in [0, 0.05) is 24.2 Å². The Kier molecular flexibility index (Phi) is 7.62. The number of nitrogens with one attached hydrogen (secondary N) is 1. The molecule has 2 amide bonds. The van der Waals surface area contributed by atoms with E-state index in [-0.39, 0.29) is 31.4 Å². The van der Waals surface area contributed by atoms with Gasteiger partial charge in [-0.15, -0.1) is 0 Å². The SMILES string of the molecule is COc1ccc(N2C[C@H](C(=O)N/N=C/c3ccc(OCc4c(F)cccc4Cl)cc3)CC2=O)cc1. The predicted octanol–water partition coefficient (Wildman–Crippen LogP) is 4.57. The number of carbonyl (C=O) groups is 2. The van der Waals surface area contributed by atoms with Crippen LogP contribution in [-0.2, 0) is 16.2 Å². The highest BCUT2D eigenvalue weighted by atomic mass is 35.5. The van der Waals surface area contributed by atoms with Gasteiger partial charge in [-0.25, -0.2) is 9.82 Å². The second-order valence-electron chi connectivity index (χ2n) is 7.90. The summed E-state index contributed by atoms with van der Waals surface area (Å²) >= 11 is 6.01. The summed E-state index contributed by atoms with van der Waals surface area (Å²) in [5, 5.41) is 4.31. The Morgan fingerprint density at radius 2 is 1.86 bits per heavy atom. The van der Waals surface area contributed by atoms with Crippen molar-refractivity contribution >= 4 is 35.3 Å². The molecule has 0 unspecified atom stereocenters. The van der Waals surface area contributed by atoms with Crippen LogP contribution in [0.4, 0.5) is 10.1 Å². The van der Waals surface area contributed by atoms with Gasteiger partial charge in [-0.05, 0) is 66.2 Å². The van der Waals surface area contributed by atoms with E-state index >= 15 is 0 Å². The first kappa shape index (κ1) is 24.2. The van der Waals surface area contributed by atoms with Gasteiger partial charge in [0.15, 0.2) is 0 Å². The standard InChI is InChI=1S/C26H23ClFN3O4/c1-34-20-11-7-19(8-12-20)31-15-18(13-25(31)32)26(33)30-29-14-17-5-9-21(10-6-17)35-16-22-23(27)3-2-4-24(22)28/h2-12,14,18H,13,15-16H2,1H3,(H,30,33)/b29-14+/t18-/m1/s1. The quantitative estimate of drug-likeness (QED) is 0.367. The lowest BCUT2D eigenvalue weighted by Gasteiger charge is -2.16. The van der Waals surface area contributed by atoms with E-state index in [0.29, 0.717) is 27.8 Å². The van der Waals surface area contributed by atoms with Crippen LogP contribution in [0, 0.1) is 11.7 Å². The zero-order chi connectivity index (χ0) is 24.8. The van der Waals surface area contributed by atoms with Gasteiger partial charge in [0.25, 0.3) is 0 Å². The Balaban J connectivity index is 1.28. The van der Waals surface area contributed by atoms with E-state index in [9.17, 15) is 14.0 Å². The second-order valence-corrected chi connectivity index (χ2v) is 8.30. The van der Waals surface area contributed by atoms with Crippen LogP contribution in [0.5, 0.6) is 11.5 Å². The predicted molar refractivity (Wildman–Crippen MR) is 131 cm³/mol. The van der Waals surface area contributed by atoms with Crippen molar-refractivity contribution in [2.24, 2.45) is 11.0 Å². The van der Waals surface area contributed by atoms with Gasteiger partial charge < -0.3 is 14.4 Å². The number of hydrogen-bond donors (Lipinski definition) is 1. The molecule has 1 aliphatic rings. The van der Waals surface area contributed by atoms with Crippen LogP contribution in [0.1, 0.15) is 17.5 Å². The minimum absolute atomic E-state index is 0.00263. The van der Waals surface area contributed by atoms with E-state index in [1.54, 1.807) is 66.6 Å². The molecule has 1 aliphatic heterocycles. The number of halogens is 2. The number of amides is 2. The topological polar surface area (TPSA) is 80.2 Å². The highest BCUT2D eigenvalue weighted by Crippen LogP contribution is 2.27. The number of methoxy groups -OCH3 is 1. The van der Waals surface area contributed by atoms with E-state index in [2.05, 4.69) is 10.5 Å². The molecule has 1 fully saturated rings. The molecule has 0 bridgehead atoms. The summed E-state index contributed by atoms with van der Waals surface area (Å²) in [6.07, 6.45) is 1.61. The van der Waals surface area contributed by atoms with E-state index in [1.165, 1.54) is 18.3 Å². The number of carbonyl (C=O) groups excluding carboxylic acids is 2. The van der Waals surface area contributed by atoms with Gasteiger partial charge in [-0.2, -0.15) is 5.10 Å². The van der Waals surface area contributed by atoms with Crippen molar-refractivity contribution < 1.29 is 23.5 Å². The molecule has 4 rings (SSSR count). The van der Waals surface area contributed by atoms with Gasteiger partial charge in [-0.1, -0.05) is 17.7 Å². The normalized spacial score (nSPS) is 15.5. The number of hydrogen-bond acceptors (Lipinski definition) is 5. The molecule has 1 saturated heterocycles. The largest absolute Gasteiger partial charge is 0.497 e. The van der Waals surface area contributed by atoms with Gasteiger partial charge in [0.1, 0.15) is 23.9 Å². The number of hydrazone groups is 1. The zero-order valence-electron chi connectivity index (χ0n) is 18.9. The average molecular weight is 496 g/mol. The molecule has 0 spiro atoms. The van der Waals surface area contributed by atoms with Crippen molar-refractivity contribution in [2.45, 2.75) is 13.0 Å². The second kappa shape index (κ2) is 11.0. The third kappa shape index (κ3) is 5.96. The Morgan fingerprint density at radius 1 is 1.14 bits per heavy atom. The molecule has 7 nitrogen and oxygen atoms in total. The van der Waals surface area contributed by atoms with Crippen molar-refractivity contribution in [3.63, 3.8) is 0 Å². The molecule has 0 radical (unpaired) electrons. The van der Waals surface area contributed by atoms with Gasteiger partial charge in [-0.3, -0.25) is 9.59 Å². The molecule has 0 aromatic heterocycles. The van der Waals surface area contributed by atoms with Crippen LogP contribution in [0.3, 0.4) is 0 Å². The Labute approximate surface area is 207 Å². The molecule has 1 heterocycles. The molecule has 180 valence electrons. The van der Waals surface area contributed by atoms with Crippen molar-refractivity contribution in [3.05, 3.63) is 88.7 Å². The zero-order valence-corrected chi connectivity index (χ0v) is 19.7. The average Bonchev–Trinajstić information content (AvgIpc) is 3.26.